The number of benzene rings is 1. The fourth-order valence-corrected chi connectivity index (χ4v) is 4.51. The Balaban J connectivity index is 1.75. The summed E-state index contributed by atoms with van der Waals surface area (Å²) >= 11 is 6.84. The number of rotatable bonds is 7. The average molecular weight is 480 g/mol. The molecule has 2 aromatic heterocycles. The molecule has 3 aromatic rings. The third kappa shape index (κ3) is 6.27. The molecule has 0 bridgehead atoms. The van der Waals surface area contributed by atoms with Gasteiger partial charge >= 0.3 is 0 Å². The standard InChI is InChI=1S/C20H18ClN3O5S2/c1-31(28,29)12-15(23-20(27)16-9-10-17(21)30-16)19(26)22-13-5-7-14(8-6-13)24-11-3-2-4-18(24)25/h2-11,15H,12H2,1H3,(H,22,26)(H,23,27). The van der Waals surface area contributed by atoms with E-state index in [1.165, 1.54) is 22.8 Å². The molecule has 2 amide bonds. The first-order valence-corrected chi connectivity index (χ1v) is 12.2. The molecule has 162 valence electrons. The van der Waals surface area contributed by atoms with Crippen molar-refractivity contribution in [3.8, 4) is 5.69 Å². The van der Waals surface area contributed by atoms with Gasteiger partial charge in [-0.1, -0.05) is 17.7 Å². The summed E-state index contributed by atoms with van der Waals surface area (Å²) in [4.78, 5) is 37.3. The molecule has 0 fully saturated rings. The van der Waals surface area contributed by atoms with Crippen molar-refractivity contribution in [1.29, 1.82) is 0 Å². The van der Waals surface area contributed by atoms with Crippen molar-refractivity contribution in [2.45, 2.75) is 6.04 Å². The molecule has 3 rings (SSSR count). The lowest BCUT2D eigenvalue weighted by molar-refractivity contribution is -0.117. The third-order valence-corrected chi connectivity index (χ3v) is 6.29. The number of hydrogen-bond donors (Lipinski definition) is 2. The van der Waals surface area contributed by atoms with Crippen LogP contribution >= 0.6 is 22.9 Å². The lowest BCUT2D eigenvalue weighted by Gasteiger charge is -2.17. The highest BCUT2D eigenvalue weighted by atomic mass is 35.5. The summed E-state index contributed by atoms with van der Waals surface area (Å²) in [6.07, 6.45) is 2.60. The first-order chi connectivity index (χ1) is 14.6. The molecule has 1 atom stereocenters. The summed E-state index contributed by atoms with van der Waals surface area (Å²) in [5, 5.41) is 5.04. The van der Waals surface area contributed by atoms with Crippen LogP contribution in [0.15, 0.2) is 65.6 Å². The van der Waals surface area contributed by atoms with Gasteiger partial charge in [0.2, 0.25) is 5.91 Å². The van der Waals surface area contributed by atoms with Gasteiger partial charge in [-0.05, 0) is 42.5 Å². The first kappa shape index (κ1) is 22.7. The summed E-state index contributed by atoms with van der Waals surface area (Å²) < 4.78 is 25.4. The van der Waals surface area contributed by atoms with Gasteiger partial charge in [-0.2, -0.15) is 0 Å². The van der Waals surface area contributed by atoms with Gasteiger partial charge in [-0.15, -0.1) is 11.3 Å². The maximum atomic E-state index is 12.7. The van der Waals surface area contributed by atoms with Crippen molar-refractivity contribution in [2.75, 3.05) is 17.3 Å². The molecule has 1 aromatic carbocycles. The van der Waals surface area contributed by atoms with E-state index in [0.29, 0.717) is 15.7 Å². The molecule has 31 heavy (non-hydrogen) atoms. The zero-order valence-corrected chi connectivity index (χ0v) is 18.6. The Morgan fingerprint density at radius 1 is 1.10 bits per heavy atom. The van der Waals surface area contributed by atoms with Gasteiger partial charge in [0.25, 0.3) is 11.5 Å². The zero-order chi connectivity index (χ0) is 22.6. The molecule has 0 spiro atoms. The fourth-order valence-electron chi connectivity index (χ4n) is 2.73. The van der Waals surface area contributed by atoms with Gasteiger partial charge in [0.15, 0.2) is 0 Å². The maximum Gasteiger partial charge on any atom is 0.262 e. The van der Waals surface area contributed by atoms with Crippen LogP contribution < -0.4 is 16.2 Å². The Bertz CT molecular complexity index is 1270. The number of carbonyl (C=O) groups excluding carboxylic acids is 2. The topological polar surface area (TPSA) is 114 Å². The molecule has 2 heterocycles. The average Bonchev–Trinajstić information content (AvgIpc) is 3.14. The number of thiophene rings is 1. The van der Waals surface area contributed by atoms with E-state index in [0.717, 1.165) is 17.6 Å². The highest BCUT2D eigenvalue weighted by molar-refractivity contribution is 7.90. The van der Waals surface area contributed by atoms with E-state index >= 15 is 0 Å². The van der Waals surface area contributed by atoms with Crippen molar-refractivity contribution >= 4 is 50.3 Å². The number of carbonyl (C=O) groups is 2. The Morgan fingerprint density at radius 3 is 2.39 bits per heavy atom. The Kier molecular flexibility index (Phi) is 6.94. The molecular weight excluding hydrogens is 462 g/mol. The second-order valence-corrected chi connectivity index (χ2v) is 10.6. The van der Waals surface area contributed by atoms with E-state index in [2.05, 4.69) is 10.6 Å². The van der Waals surface area contributed by atoms with Gasteiger partial charge in [0.1, 0.15) is 15.9 Å². The molecule has 0 radical (unpaired) electrons. The van der Waals surface area contributed by atoms with Gasteiger partial charge in [-0.25, -0.2) is 8.42 Å². The second kappa shape index (κ2) is 9.46. The Labute approximate surface area is 187 Å². The highest BCUT2D eigenvalue weighted by Gasteiger charge is 2.26. The van der Waals surface area contributed by atoms with Crippen LogP contribution in [0.3, 0.4) is 0 Å². The lowest BCUT2D eigenvalue weighted by atomic mass is 10.2. The van der Waals surface area contributed by atoms with E-state index < -0.39 is 33.4 Å². The van der Waals surface area contributed by atoms with Crippen LogP contribution in [0.4, 0.5) is 5.69 Å². The number of pyridine rings is 1. The Hall–Kier alpha value is -2.95. The van der Waals surface area contributed by atoms with Crippen LogP contribution in [0.5, 0.6) is 0 Å². The van der Waals surface area contributed by atoms with Crippen LogP contribution in [0.2, 0.25) is 4.34 Å². The minimum absolute atomic E-state index is 0.205. The van der Waals surface area contributed by atoms with Gasteiger partial charge in [-0.3, -0.25) is 19.0 Å². The molecule has 0 saturated heterocycles. The Morgan fingerprint density at radius 2 is 1.81 bits per heavy atom. The van der Waals surface area contributed by atoms with E-state index in [1.54, 1.807) is 42.6 Å². The summed E-state index contributed by atoms with van der Waals surface area (Å²) in [6, 6.07) is 12.9. The van der Waals surface area contributed by atoms with Gasteiger partial charge in [0, 0.05) is 29.9 Å². The number of nitrogens with zero attached hydrogens (tertiary/aromatic N) is 1. The van der Waals surface area contributed by atoms with Crippen LogP contribution in [0.25, 0.3) is 5.69 Å². The normalized spacial score (nSPS) is 12.2. The molecule has 8 nitrogen and oxygen atoms in total. The molecular formula is C20H18ClN3O5S2. The number of nitrogens with one attached hydrogen (secondary N) is 2. The summed E-state index contributed by atoms with van der Waals surface area (Å²) in [5.74, 6) is -1.85. The molecule has 0 saturated carbocycles. The van der Waals surface area contributed by atoms with Crippen LogP contribution in [-0.4, -0.2) is 42.8 Å². The molecule has 11 heteroatoms. The van der Waals surface area contributed by atoms with E-state index in [9.17, 15) is 22.8 Å². The minimum Gasteiger partial charge on any atom is -0.339 e. The van der Waals surface area contributed by atoms with Crippen LogP contribution in [-0.2, 0) is 14.6 Å². The number of amides is 2. The van der Waals surface area contributed by atoms with E-state index in [-0.39, 0.29) is 10.4 Å². The fraction of sp³-hybridized carbons (Fsp3) is 0.150. The van der Waals surface area contributed by atoms with Crippen molar-refractivity contribution in [2.24, 2.45) is 0 Å². The van der Waals surface area contributed by atoms with E-state index in [4.69, 9.17) is 11.6 Å². The predicted molar refractivity (Wildman–Crippen MR) is 121 cm³/mol. The van der Waals surface area contributed by atoms with Crippen LogP contribution in [0.1, 0.15) is 9.67 Å². The predicted octanol–water partition coefficient (Wildman–Crippen LogP) is 2.33. The van der Waals surface area contributed by atoms with Crippen molar-refractivity contribution < 1.29 is 18.0 Å². The van der Waals surface area contributed by atoms with Gasteiger partial charge < -0.3 is 10.6 Å². The zero-order valence-electron chi connectivity index (χ0n) is 16.2. The lowest BCUT2D eigenvalue weighted by Crippen LogP contribution is -2.47. The smallest absolute Gasteiger partial charge is 0.262 e. The molecule has 2 N–H and O–H groups in total. The largest absolute Gasteiger partial charge is 0.339 e. The number of aromatic nitrogens is 1. The van der Waals surface area contributed by atoms with Crippen molar-refractivity contribution in [3.05, 3.63) is 80.4 Å². The van der Waals surface area contributed by atoms with E-state index in [1.807, 2.05) is 0 Å². The summed E-state index contributed by atoms with van der Waals surface area (Å²) in [7, 11) is -3.57. The first-order valence-electron chi connectivity index (χ1n) is 8.95. The minimum atomic E-state index is -3.57. The van der Waals surface area contributed by atoms with Crippen LogP contribution in [0, 0.1) is 0 Å². The monoisotopic (exact) mass is 479 g/mol. The quantitative estimate of drug-likeness (QED) is 0.539. The number of halogens is 1. The number of sulfone groups is 1. The maximum absolute atomic E-state index is 12.7. The molecule has 0 aliphatic rings. The number of hydrogen-bond acceptors (Lipinski definition) is 6. The summed E-state index contributed by atoms with van der Waals surface area (Å²) in [5.41, 5.74) is 0.771. The third-order valence-electron chi connectivity index (χ3n) is 4.12. The summed E-state index contributed by atoms with van der Waals surface area (Å²) in [6.45, 7) is 0. The highest BCUT2D eigenvalue weighted by Crippen LogP contribution is 2.21. The second-order valence-electron chi connectivity index (χ2n) is 6.67. The number of anilines is 1. The molecule has 0 aliphatic heterocycles. The SMILES string of the molecule is CS(=O)(=O)CC(NC(=O)c1ccc(Cl)s1)C(=O)Nc1ccc(-n2ccccc2=O)cc1. The molecule has 1 unspecified atom stereocenters. The van der Waals surface area contributed by atoms with Gasteiger partial charge in [0.05, 0.1) is 15.0 Å². The van der Waals surface area contributed by atoms with Crippen molar-refractivity contribution in [1.82, 2.24) is 9.88 Å². The molecule has 0 aliphatic carbocycles. The van der Waals surface area contributed by atoms with Crippen molar-refractivity contribution in [3.63, 3.8) is 0 Å².